The zero-order valence-electron chi connectivity index (χ0n) is 14.8. The Morgan fingerprint density at radius 2 is 1.44 bits per heavy atom. The third kappa shape index (κ3) is 2.13. The summed E-state index contributed by atoms with van der Waals surface area (Å²) in [6.07, 6.45) is 3.05. The van der Waals surface area contributed by atoms with E-state index in [1.807, 2.05) is 0 Å². The summed E-state index contributed by atoms with van der Waals surface area (Å²) < 4.78 is 0. The molecule has 0 saturated carbocycles. The van der Waals surface area contributed by atoms with Crippen LogP contribution in [0.2, 0.25) is 0 Å². The lowest BCUT2D eigenvalue weighted by atomic mass is 9.98. The highest BCUT2D eigenvalue weighted by molar-refractivity contribution is 6.09. The average molecular weight is 346 g/mol. The quantitative estimate of drug-likeness (QED) is 0.359. The van der Waals surface area contributed by atoms with E-state index in [1.54, 1.807) is 0 Å². The minimum Gasteiger partial charge on any atom is -0.361 e. The van der Waals surface area contributed by atoms with Gasteiger partial charge in [0.15, 0.2) is 0 Å². The highest BCUT2D eigenvalue weighted by Gasteiger charge is 2.16. The van der Waals surface area contributed by atoms with Crippen LogP contribution in [0.4, 0.5) is 0 Å². The lowest BCUT2D eigenvalue weighted by molar-refractivity contribution is 1.22. The first kappa shape index (κ1) is 14.6. The number of rotatable bonds is 2. The van der Waals surface area contributed by atoms with Gasteiger partial charge in [0, 0.05) is 39.8 Å². The van der Waals surface area contributed by atoms with E-state index in [1.165, 1.54) is 55.0 Å². The molecule has 2 aliphatic rings. The Bertz CT molecular complexity index is 1400. The van der Waals surface area contributed by atoms with Gasteiger partial charge in [-0.1, -0.05) is 66.7 Å². The van der Waals surface area contributed by atoms with Crippen LogP contribution in [0.15, 0.2) is 85.1 Å². The van der Waals surface area contributed by atoms with Gasteiger partial charge in [-0.2, -0.15) is 0 Å². The Morgan fingerprint density at radius 1 is 0.630 bits per heavy atom. The molecule has 128 valence electrons. The summed E-state index contributed by atoms with van der Waals surface area (Å²) in [6.45, 7) is 0. The predicted molar refractivity (Wildman–Crippen MR) is 114 cm³/mol. The van der Waals surface area contributed by atoms with Gasteiger partial charge in [0.2, 0.25) is 0 Å². The maximum Gasteiger partial charge on any atom is 0.0507 e. The van der Waals surface area contributed by atoms with Gasteiger partial charge in [0.1, 0.15) is 0 Å². The Balaban J connectivity index is 1.69. The van der Waals surface area contributed by atoms with Crippen LogP contribution in [0.3, 0.4) is 0 Å². The fourth-order valence-corrected chi connectivity index (χ4v) is 4.39. The van der Waals surface area contributed by atoms with Crippen LogP contribution in [-0.4, -0.2) is 9.97 Å². The van der Waals surface area contributed by atoms with Crippen molar-refractivity contribution in [3.63, 3.8) is 0 Å². The highest BCUT2D eigenvalue weighted by Crippen LogP contribution is 2.36. The molecule has 2 heterocycles. The molecule has 0 spiro atoms. The minimum absolute atomic E-state index is 0.891. The number of para-hydroxylation sites is 2. The summed E-state index contributed by atoms with van der Waals surface area (Å²) in [7, 11) is 0. The van der Waals surface area contributed by atoms with Crippen molar-refractivity contribution in [1.29, 1.82) is 0 Å². The van der Waals surface area contributed by atoms with Crippen molar-refractivity contribution in [3.8, 4) is 11.1 Å². The molecule has 2 aliphatic carbocycles. The molecule has 2 aromatic carbocycles. The smallest absolute Gasteiger partial charge is 0.0507 e. The Morgan fingerprint density at radius 3 is 2.37 bits per heavy atom. The van der Waals surface area contributed by atoms with Crippen LogP contribution in [0, 0.1) is 0 Å². The third-order valence-corrected chi connectivity index (χ3v) is 5.69. The number of fused-ring (bicyclic) bond motifs is 5. The molecular formula is C25H18N2. The van der Waals surface area contributed by atoms with Crippen molar-refractivity contribution in [2.45, 2.75) is 6.42 Å². The second-order valence-electron chi connectivity index (χ2n) is 7.20. The van der Waals surface area contributed by atoms with E-state index in [9.17, 15) is 0 Å². The SMILES string of the molecule is c1cc2ccc3c([nH]c4ccccc43)c(Cc3c[nH]c4ccccc34)c-2c1. The molecule has 0 saturated heterocycles. The van der Waals surface area contributed by atoms with E-state index >= 15 is 0 Å². The third-order valence-electron chi connectivity index (χ3n) is 5.69. The van der Waals surface area contributed by atoms with Crippen LogP contribution < -0.4 is 0 Å². The van der Waals surface area contributed by atoms with Crippen LogP contribution in [0.5, 0.6) is 0 Å². The van der Waals surface area contributed by atoms with Crippen molar-refractivity contribution in [3.05, 3.63) is 96.2 Å². The van der Waals surface area contributed by atoms with Gasteiger partial charge in [-0.25, -0.2) is 0 Å². The van der Waals surface area contributed by atoms with Crippen molar-refractivity contribution < 1.29 is 0 Å². The molecule has 2 aromatic heterocycles. The van der Waals surface area contributed by atoms with E-state index in [0.717, 1.165) is 6.42 Å². The van der Waals surface area contributed by atoms with Gasteiger partial charge in [-0.3, -0.25) is 0 Å². The second kappa shape index (κ2) is 5.49. The molecular weight excluding hydrogens is 328 g/mol. The molecule has 4 aromatic rings. The van der Waals surface area contributed by atoms with Gasteiger partial charge in [-0.05, 0) is 34.4 Å². The van der Waals surface area contributed by atoms with Gasteiger partial charge >= 0.3 is 0 Å². The van der Waals surface area contributed by atoms with Gasteiger partial charge in [-0.15, -0.1) is 0 Å². The molecule has 6 rings (SSSR count). The molecule has 2 heteroatoms. The number of hydrogen-bond acceptors (Lipinski definition) is 0. The molecule has 2 N–H and O–H groups in total. The van der Waals surface area contributed by atoms with E-state index in [2.05, 4.69) is 95.0 Å². The lowest BCUT2D eigenvalue weighted by Crippen LogP contribution is -1.90. The first-order valence-electron chi connectivity index (χ1n) is 9.34. The summed E-state index contributed by atoms with van der Waals surface area (Å²) in [5, 5.41) is 3.87. The zero-order valence-corrected chi connectivity index (χ0v) is 14.8. The number of H-pyrrole nitrogens is 2. The molecule has 0 bridgehead atoms. The molecule has 0 fully saturated rings. The molecule has 0 atom stereocenters. The van der Waals surface area contributed by atoms with Crippen molar-refractivity contribution in [1.82, 2.24) is 9.97 Å². The van der Waals surface area contributed by atoms with Crippen molar-refractivity contribution in [2.75, 3.05) is 0 Å². The van der Waals surface area contributed by atoms with Gasteiger partial charge in [0.25, 0.3) is 0 Å². The summed E-state index contributed by atoms with van der Waals surface area (Å²) in [4.78, 5) is 7.12. The monoisotopic (exact) mass is 346 g/mol. The fraction of sp³-hybridized carbons (Fsp3) is 0.0400. The van der Waals surface area contributed by atoms with Crippen LogP contribution in [0.25, 0.3) is 43.8 Å². The molecule has 0 aliphatic heterocycles. The molecule has 0 unspecified atom stereocenters. The number of benzene rings is 2. The number of hydrogen-bond donors (Lipinski definition) is 2. The summed E-state index contributed by atoms with van der Waals surface area (Å²) in [6, 6.07) is 28.2. The largest absolute Gasteiger partial charge is 0.361 e. The Kier molecular flexibility index (Phi) is 2.97. The first-order chi connectivity index (χ1) is 13.4. The van der Waals surface area contributed by atoms with E-state index in [4.69, 9.17) is 0 Å². The second-order valence-corrected chi connectivity index (χ2v) is 7.20. The topological polar surface area (TPSA) is 31.6 Å². The molecule has 27 heavy (non-hydrogen) atoms. The predicted octanol–water partition coefficient (Wildman–Crippen LogP) is 6.50. The minimum atomic E-state index is 0.891. The van der Waals surface area contributed by atoms with Gasteiger partial charge in [0.05, 0.1) is 5.52 Å². The number of aromatic amines is 2. The summed E-state index contributed by atoms with van der Waals surface area (Å²) in [5.74, 6) is 0. The highest BCUT2D eigenvalue weighted by atomic mass is 14.7. The van der Waals surface area contributed by atoms with Crippen LogP contribution >= 0.6 is 0 Å². The molecule has 0 radical (unpaired) electrons. The fourth-order valence-electron chi connectivity index (χ4n) is 4.39. The van der Waals surface area contributed by atoms with Gasteiger partial charge < -0.3 is 9.97 Å². The Labute approximate surface area is 156 Å². The van der Waals surface area contributed by atoms with Crippen LogP contribution in [0.1, 0.15) is 11.1 Å². The molecule has 2 nitrogen and oxygen atoms in total. The Hall–Kier alpha value is -3.52. The van der Waals surface area contributed by atoms with Crippen LogP contribution in [-0.2, 0) is 6.42 Å². The first-order valence-corrected chi connectivity index (χ1v) is 9.34. The maximum atomic E-state index is 3.70. The van der Waals surface area contributed by atoms with E-state index in [0.29, 0.717) is 0 Å². The normalized spacial score (nSPS) is 11.9. The summed E-state index contributed by atoms with van der Waals surface area (Å²) in [5.41, 5.74) is 8.93. The summed E-state index contributed by atoms with van der Waals surface area (Å²) >= 11 is 0. The van der Waals surface area contributed by atoms with E-state index < -0.39 is 0 Å². The maximum absolute atomic E-state index is 3.70. The van der Waals surface area contributed by atoms with E-state index in [-0.39, 0.29) is 0 Å². The zero-order chi connectivity index (χ0) is 17.8. The average Bonchev–Trinajstić information content (AvgIpc) is 3.40. The lowest BCUT2D eigenvalue weighted by Gasteiger charge is -2.06. The number of aromatic nitrogens is 2. The van der Waals surface area contributed by atoms with Crippen molar-refractivity contribution in [2.24, 2.45) is 0 Å². The standard InChI is InChI=1S/C25H18N2/c1-3-10-23-19(7-1)17(15-26-23)14-22-18-9-5-6-16(18)12-13-21-20-8-2-4-11-24(20)27-25(21)22/h1-13,15,26-27H,14H2. The number of nitrogens with one attached hydrogen (secondary N) is 2. The molecule has 0 amide bonds. The van der Waals surface area contributed by atoms with Crippen molar-refractivity contribution >= 4 is 32.7 Å².